The highest BCUT2D eigenvalue weighted by atomic mass is 16.5. The average Bonchev–Trinajstić information content (AvgIpc) is 3.29. The van der Waals surface area contributed by atoms with Gasteiger partial charge in [0.1, 0.15) is 5.75 Å². The molecule has 0 aromatic heterocycles. The molecule has 9 N–H and O–H groups in total. The summed E-state index contributed by atoms with van der Waals surface area (Å²) in [5.74, 6) is -2.06. The van der Waals surface area contributed by atoms with E-state index in [0.717, 1.165) is 73.9 Å². The SMILES string of the molecule is O=C(NCCOCCOCCNC(=O)c1cc2ccccc2c2ccccc12)c1cc(C(=O)N2CCNCCNCCNCC2)c(O)c(C(=O)N2CCNCCNCCNCC2)c1. The number of phenolic OH excluding ortho intramolecular Hbond substituents is 1. The highest BCUT2D eigenvalue weighted by Crippen LogP contribution is 2.29. The predicted molar refractivity (Wildman–Crippen MR) is 245 cm³/mol. The standard InChI is InChI=1S/C46H64N10O7/c57-42-40(45(60)55-23-17-49-13-9-47-10-14-50-18-24-55)32-35(33-41(42)46(61)56-25-19-51-15-11-48-12-16-52-20-26-56)43(58)53-21-27-62-29-30-63-28-22-54-44(59)39-31-34-5-1-2-6-36(34)37-7-3-4-8-38(37)39/h1-8,31-33,47-52,57H,9-30H2,(H,53,58)(H,54,59). The number of carbonyl (C=O) groups excluding carboxylic acids is 4. The number of nitrogens with zero attached hydrogens (tertiary/aromatic N) is 2. The summed E-state index contributed by atoms with van der Waals surface area (Å²) in [7, 11) is 0. The van der Waals surface area contributed by atoms with Gasteiger partial charge in [-0.3, -0.25) is 19.2 Å². The van der Waals surface area contributed by atoms with Crippen molar-refractivity contribution in [3.63, 3.8) is 0 Å². The molecule has 2 aliphatic rings. The van der Waals surface area contributed by atoms with Crippen molar-refractivity contribution in [2.45, 2.75) is 0 Å². The van der Waals surface area contributed by atoms with Crippen molar-refractivity contribution in [2.24, 2.45) is 0 Å². The summed E-state index contributed by atoms with van der Waals surface area (Å²) < 4.78 is 11.4. The maximum Gasteiger partial charge on any atom is 0.257 e. The number of rotatable bonds is 13. The smallest absolute Gasteiger partial charge is 0.257 e. The summed E-state index contributed by atoms with van der Waals surface area (Å²) in [6.45, 7) is 11.3. The van der Waals surface area contributed by atoms with Crippen LogP contribution < -0.4 is 42.5 Å². The van der Waals surface area contributed by atoms with Crippen molar-refractivity contribution in [1.29, 1.82) is 0 Å². The lowest BCUT2D eigenvalue weighted by Crippen LogP contribution is -2.44. The van der Waals surface area contributed by atoms with E-state index in [2.05, 4.69) is 48.6 Å². The number of benzene rings is 4. The summed E-state index contributed by atoms with van der Waals surface area (Å²) in [5.41, 5.74) is 0.482. The molecule has 340 valence electrons. The molecule has 0 aliphatic carbocycles. The molecule has 2 saturated heterocycles. The lowest BCUT2D eigenvalue weighted by Gasteiger charge is -2.27. The van der Waals surface area contributed by atoms with Crippen molar-refractivity contribution in [3.8, 4) is 5.75 Å². The Balaban J connectivity index is 1.02. The molecule has 17 nitrogen and oxygen atoms in total. The third-order valence-corrected chi connectivity index (χ3v) is 11.0. The maximum absolute atomic E-state index is 14.2. The Morgan fingerprint density at radius 2 is 0.905 bits per heavy atom. The van der Waals surface area contributed by atoms with Gasteiger partial charge in [-0.25, -0.2) is 0 Å². The first kappa shape index (κ1) is 47.2. The second-order valence-corrected chi connectivity index (χ2v) is 15.4. The van der Waals surface area contributed by atoms with Crippen LogP contribution in [0.2, 0.25) is 0 Å². The predicted octanol–water partition coefficient (Wildman–Crippen LogP) is 0.341. The average molecular weight is 869 g/mol. The van der Waals surface area contributed by atoms with Crippen LogP contribution in [0.4, 0.5) is 0 Å². The quantitative estimate of drug-likeness (QED) is 0.0658. The molecule has 4 aromatic rings. The molecule has 0 unspecified atom stereocenters. The Kier molecular flexibility index (Phi) is 19.3. The summed E-state index contributed by atoms with van der Waals surface area (Å²) in [6, 6.07) is 20.6. The molecule has 63 heavy (non-hydrogen) atoms. The first-order valence-corrected chi connectivity index (χ1v) is 22.2. The van der Waals surface area contributed by atoms with Crippen LogP contribution in [-0.2, 0) is 9.47 Å². The molecule has 0 spiro atoms. The topological polar surface area (TPSA) is 210 Å². The summed E-state index contributed by atoms with van der Waals surface area (Å²) in [5, 5.41) is 41.5. The normalized spacial score (nSPS) is 16.6. The Labute approximate surface area is 369 Å². The van der Waals surface area contributed by atoms with E-state index in [9.17, 15) is 24.3 Å². The van der Waals surface area contributed by atoms with Crippen LogP contribution in [0.1, 0.15) is 41.4 Å². The maximum atomic E-state index is 14.2. The number of carbonyl (C=O) groups is 4. The lowest BCUT2D eigenvalue weighted by molar-refractivity contribution is 0.0486. The molecule has 0 atom stereocenters. The molecule has 2 fully saturated rings. The van der Waals surface area contributed by atoms with Gasteiger partial charge < -0.3 is 66.9 Å². The third-order valence-electron chi connectivity index (χ3n) is 11.0. The first-order chi connectivity index (χ1) is 30.9. The lowest BCUT2D eigenvalue weighted by atomic mass is 9.97. The number of hydrogen-bond acceptors (Lipinski definition) is 13. The minimum Gasteiger partial charge on any atom is -0.506 e. The van der Waals surface area contributed by atoms with Crippen LogP contribution in [0.3, 0.4) is 0 Å². The van der Waals surface area contributed by atoms with Crippen LogP contribution >= 0.6 is 0 Å². The number of fused-ring (bicyclic) bond motifs is 3. The zero-order valence-corrected chi connectivity index (χ0v) is 36.2. The van der Waals surface area contributed by atoms with Gasteiger partial charge in [0.15, 0.2) is 0 Å². The molecule has 17 heteroatoms. The van der Waals surface area contributed by atoms with Gasteiger partial charge >= 0.3 is 0 Å². The van der Waals surface area contributed by atoms with Crippen LogP contribution in [0.5, 0.6) is 5.75 Å². The van der Waals surface area contributed by atoms with Crippen molar-refractivity contribution in [2.75, 3.05) is 144 Å². The van der Waals surface area contributed by atoms with Gasteiger partial charge in [0, 0.05) is 129 Å². The second-order valence-electron chi connectivity index (χ2n) is 15.4. The van der Waals surface area contributed by atoms with Crippen molar-refractivity contribution >= 4 is 45.2 Å². The van der Waals surface area contributed by atoms with Crippen LogP contribution in [0.25, 0.3) is 21.5 Å². The fraction of sp³-hybridized carbons (Fsp3) is 0.478. The third kappa shape index (κ3) is 14.1. The Bertz CT molecular complexity index is 2030. The minimum atomic E-state index is -0.512. The summed E-state index contributed by atoms with van der Waals surface area (Å²) in [4.78, 5) is 58.5. The van der Waals surface area contributed by atoms with E-state index in [4.69, 9.17) is 9.47 Å². The molecule has 0 bridgehead atoms. The van der Waals surface area contributed by atoms with E-state index >= 15 is 0 Å². The number of aromatic hydroxyl groups is 1. The fourth-order valence-electron chi connectivity index (χ4n) is 7.61. The van der Waals surface area contributed by atoms with E-state index < -0.39 is 23.5 Å². The van der Waals surface area contributed by atoms with Gasteiger partial charge in [-0.15, -0.1) is 0 Å². The second kappa shape index (κ2) is 25.8. The Morgan fingerprint density at radius 1 is 0.492 bits per heavy atom. The highest BCUT2D eigenvalue weighted by molar-refractivity contribution is 6.17. The van der Waals surface area contributed by atoms with Crippen LogP contribution in [0, 0.1) is 0 Å². The van der Waals surface area contributed by atoms with Gasteiger partial charge in [0.25, 0.3) is 23.6 Å². The summed E-state index contributed by atoms with van der Waals surface area (Å²) in [6.07, 6.45) is 0. The monoisotopic (exact) mass is 868 g/mol. The molecule has 4 amide bonds. The fourth-order valence-corrected chi connectivity index (χ4v) is 7.61. The Hall–Kier alpha value is -5.24. The van der Waals surface area contributed by atoms with Crippen molar-refractivity contribution in [1.82, 2.24) is 52.3 Å². The molecule has 0 radical (unpaired) electrons. The molecule has 2 aliphatic heterocycles. The van der Waals surface area contributed by atoms with Gasteiger partial charge in [-0.05, 0) is 39.7 Å². The Morgan fingerprint density at radius 3 is 1.40 bits per heavy atom. The minimum absolute atomic E-state index is 0.0786. The van der Waals surface area contributed by atoms with E-state index in [0.29, 0.717) is 71.1 Å². The van der Waals surface area contributed by atoms with E-state index in [1.807, 2.05) is 48.5 Å². The van der Waals surface area contributed by atoms with E-state index in [-0.39, 0.29) is 49.0 Å². The van der Waals surface area contributed by atoms with Crippen LogP contribution in [0.15, 0.2) is 66.7 Å². The molecular formula is C46H64N10O7. The number of amides is 4. The van der Waals surface area contributed by atoms with Gasteiger partial charge in [0.2, 0.25) is 0 Å². The van der Waals surface area contributed by atoms with Gasteiger partial charge in [-0.2, -0.15) is 0 Å². The molecule has 4 aromatic carbocycles. The van der Waals surface area contributed by atoms with Crippen molar-refractivity contribution in [3.05, 3.63) is 89.0 Å². The number of phenols is 1. The zero-order chi connectivity index (χ0) is 44.1. The highest BCUT2D eigenvalue weighted by Gasteiger charge is 2.28. The number of hydrogen-bond donors (Lipinski definition) is 9. The molecule has 2 heterocycles. The van der Waals surface area contributed by atoms with Gasteiger partial charge in [0.05, 0.1) is 37.6 Å². The van der Waals surface area contributed by atoms with E-state index in [1.54, 1.807) is 9.80 Å². The molecular weight excluding hydrogens is 805 g/mol. The first-order valence-electron chi connectivity index (χ1n) is 22.2. The number of nitrogens with one attached hydrogen (secondary N) is 8. The molecule has 6 rings (SSSR count). The summed E-state index contributed by atoms with van der Waals surface area (Å²) >= 11 is 0. The van der Waals surface area contributed by atoms with E-state index in [1.165, 1.54) is 12.1 Å². The van der Waals surface area contributed by atoms with Gasteiger partial charge in [-0.1, -0.05) is 48.5 Å². The zero-order valence-electron chi connectivity index (χ0n) is 36.2. The molecule has 0 saturated carbocycles. The number of ether oxygens (including phenoxy) is 2. The van der Waals surface area contributed by atoms with Crippen LogP contribution in [-0.4, -0.2) is 183 Å². The largest absolute Gasteiger partial charge is 0.506 e. The van der Waals surface area contributed by atoms with Crippen molar-refractivity contribution < 1.29 is 33.8 Å².